The zero-order valence-corrected chi connectivity index (χ0v) is 11.9. The maximum absolute atomic E-state index is 11.9. The Hall–Kier alpha value is -1.30. The van der Waals surface area contributed by atoms with Gasteiger partial charge in [0.1, 0.15) is 0 Å². The molecule has 110 valence electrons. The first-order valence-electron chi connectivity index (χ1n) is 6.67. The van der Waals surface area contributed by atoms with Crippen molar-refractivity contribution < 1.29 is 23.8 Å². The smallest absolute Gasteiger partial charge is 0.410 e. The van der Waals surface area contributed by atoms with Crippen LogP contribution in [-0.2, 0) is 19.0 Å². The van der Waals surface area contributed by atoms with Crippen LogP contribution in [-0.4, -0.2) is 56.0 Å². The summed E-state index contributed by atoms with van der Waals surface area (Å²) in [5, 5.41) is 0. The van der Waals surface area contributed by atoms with Crippen molar-refractivity contribution in [3.8, 4) is 0 Å². The van der Waals surface area contributed by atoms with Crippen molar-refractivity contribution in [2.24, 2.45) is 0 Å². The van der Waals surface area contributed by atoms with Crippen LogP contribution in [0.2, 0.25) is 0 Å². The number of methoxy groups -OCH3 is 1. The van der Waals surface area contributed by atoms with Gasteiger partial charge in [0, 0.05) is 13.2 Å². The Morgan fingerprint density at radius 1 is 1.42 bits per heavy atom. The predicted octanol–water partition coefficient (Wildman–Crippen LogP) is 1.58. The molecule has 0 aromatic carbocycles. The second kappa shape index (κ2) is 7.99. The molecule has 6 heteroatoms. The molecule has 1 saturated heterocycles. The van der Waals surface area contributed by atoms with Crippen LogP contribution in [0.4, 0.5) is 4.79 Å². The van der Waals surface area contributed by atoms with E-state index in [9.17, 15) is 9.59 Å². The molecule has 1 heterocycles. The first-order chi connectivity index (χ1) is 9.02. The van der Waals surface area contributed by atoms with Gasteiger partial charge in [-0.3, -0.25) is 4.79 Å². The molecule has 19 heavy (non-hydrogen) atoms. The minimum absolute atomic E-state index is 0.0392. The van der Waals surface area contributed by atoms with Gasteiger partial charge < -0.3 is 19.1 Å². The van der Waals surface area contributed by atoms with E-state index in [1.807, 2.05) is 0 Å². The van der Waals surface area contributed by atoms with Crippen molar-refractivity contribution >= 4 is 12.1 Å². The molecule has 1 fully saturated rings. The summed E-state index contributed by atoms with van der Waals surface area (Å²) in [6.45, 7) is 5.07. The largest absolute Gasteiger partial charge is 0.469 e. The molecule has 0 aromatic heterocycles. The van der Waals surface area contributed by atoms with Gasteiger partial charge in [-0.25, -0.2) is 4.79 Å². The number of hydrogen-bond donors (Lipinski definition) is 0. The topological polar surface area (TPSA) is 65.1 Å². The van der Waals surface area contributed by atoms with Gasteiger partial charge in [0.25, 0.3) is 0 Å². The summed E-state index contributed by atoms with van der Waals surface area (Å²) < 4.78 is 15.3. The van der Waals surface area contributed by atoms with E-state index in [0.29, 0.717) is 6.54 Å². The van der Waals surface area contributed by atoms with E-state index in [1.54, 1.807) is 13.8 Å². The van der Waals surface area contributed by atoms with E-state index in [0.717, 1.165) is 19.4 Å². The number of hydrogen-bond acceptors (Lipinski definition) is 5. The minimum Gasteiger partial charge on any atom is -0.469 e. The van der Waals surface area contributed by atoms with Crippen LogP contribution < -0.4 is 0 Å². The molecule has 1 aliphatic heterocycles. The molecule has 1 unspecified atom stereocenters. The predicted molar refractivity (Wildman–Crippen MR) is 68.8 cm³/mol. The van der Waals surface area contributed by atoms with E-state index in [2.05, 4.69) is 4.74 Å². The third kappa shape index (κ3) is 5.92. The van der Waals surface area contributed by atoms with Crippen molar-refractivity contribution in [2.45, 2.75) is 45.3 Å². The van der Waals surface area contributed by atoms with E-state index in [-0.39, 0.29) is 31.1 Å². The molecule has 0 bridgehead atoms. The van der Waals surface area contributed by atoms with Crippen molar-refractivity contribution in [1.29, 1.82) is 0 Å². The highest BCUT2D eigenvalue weighted by molar-refractivity contribution is 5.71. The average Bonchev–Trinajstić information content (AvgIpc) is 2.85. The summed E-state index contributed by atoms with van der Waals surface area (Å²) in [5.74, 6) is -0.338. The Morgan fingerprint density at radius 3 is 2.68 bits per heavy atom. The molecule has 1 aliphatic rings. The number of ether oxygens (including phenoxy) is 3. The highest BCUT2D eigenvalue weighted by Crippen LogP contribution is 2.14. The van der Waals surface area contributed by atoms with Crippen LogP contribution >= 0.6 is 0 Å². The lowest BCUT2D eigenvalue weighted by atomic mass is 10.2. The van der Waals surface area contributed by atoms with Crippen LogP contribution in [0.3, 0.4) is 0 Å². The summed E-state index contributed by atoms with van der Waals surface area (Å²) in [5.41, 5.74) is 0. The molecule has 0 aromatic rings. The molecule has 0 radical (unpaired) electrons. The van der Waals surface area contributed by atoms with Gasteiger partial charge in [0.15, 0.2) is 0 Å². The first kappa shape index (κ1) is 15.8. The number of rotatable bonds is 6. The second-order valence-corrected chi connectivity index (χ2v) is 4.84. The van der Waals surface area contributed by atoms with Gasteiger partial charge in [-0.2, -0.15) is 0 Å². The fraction of sp³-hybridized carbons (Fsp3) is 0.846. The molecule has 1 atom stereocenters. The number of carbonyl (C=O) groups is 2. The van der Waals surface area contributed by atoms with E-state index in [1.165, 1.54) is 12.0 Å². The maximum atomic E-state index is 11.9. The molecule has 1 amide bonds. The minimum atomic E-state index is -0.408. The van der Waals surface area contributed by atoms with Gasteiger partial charge in [0.05, 0.1) is 32.3 Å². The molecule has 0 spiro atoms. The van der Waals surface area contributed by atoms with Gasteiger partial charge >= 0.3 is 12.1 Å². The molecule has 6 nitrogen and oxygen atoms in total. The first-order valence-corrected chi connectivity index (χ1v) is 6.67. The second-order valence-electron chi connectivity index (χ2n) is 4.84. The van der Waals surface area contributed by atoms with Crippen molar-refractivity contribution in [3.63, 3.8) is 0 Å². The van der Waals surface area contributed by atoms with Crippen molar-refractivity contribution in [2.75, 3.05) is 26.8 Å². The Balaban J connectivity index is 2.50. The Kier molecular flexibility index (Phi) is 6.62. The summed E-state index contributed by atoms with van der Waals surface area (Å²) in [6.07, 6.45) is 1.55. The summed E-state index contributed by atoms with van der Waals surface area (Å²) in [6, 6.07) is 0. The Bertz CT molecular complexity index is 299. The van der Waals surface area contributed by atoms with Gasteiger partial charge in [0.2, 0.25) is 0 Å². The zero-order chi connectivity index (χ0) is 14.3. The Morgan fingerprint density at radius 2 is 2.16 bits per heavy atom. The van der Waals surface area contributed by atoms with E-state index >= 15 is 0 Å². The van der Waals surface area contributed by atoms with Crippen molar-refractivity contribution in [1.82, 2.24) is 4.90 Å². The van der Waals surface area contributed by atoms with Crippen LogP contribution in [0, 0.1) is 0 Å². The fourth-order valence-electron chi connectivity index (χ4n) is 1.90. The summed E-state index contributed by atoms with van der Waals surface area (Å²) in [4.78, 5) is 24.6. The lowest BCUT2D eigenvalue weighted by molar-refractivity contribution is -0.140. The van der Waals surface area contributed by atoms with Crippen LogP contribution in [0.15, 0.2) is 0 Å². The zero-order valence-electron chi connectivity index (χ0n) is 11.9. The number of carbonyl (C=O) groups excluding carboxylic acids is 2. The molecular weight excluding hydrogens is 250 g/mol. The Labute approximate surface area is 114 Å². The maximum Gasteiger partial charge on any atom is 0.410 e. The fourth-order valence-corrected chi connectivity index (χ4v) is 1.90. The van der Waals surface area contributed by atoms with Gasteiger partial charge in [-0.15, -0.1) is 0 Å². The molecular formula is C13H23NO5. The molecule has 1 rings (SSSR count). The lowest BCUT2D eigenvalue weighted by Gasteiger charge is -2.25. The number of amides is 1. The third-order valence-electron chi connectivity index (χ3n) is 2.86. The monoisotopic (exact) mass is 273 g/mol. The quantitative estimate of drug-likeness (QED) is 0.687. The summed E-state index contributed by atoms with van der Waals surface area (Å²) >= 11 is 0. The molecule has 0 aliphatic carbocycles. The van der Waals surface area contributed by atoms with Gasteiger partial charge in [-0.1, -0.05) is 0 Å². The van der Waals surface area contributed by atoms with E-state index in [4.69, 9.17) is 9.47 Å². The van der Waals surface area contributed by atoms with E-state index < -0.39 is 6.09 Å². The van der Waals surface area contributed by atoms with Crippen LogP contribution in [0.1, 0.15) is 33.1 Å². The molecule has 0 N–H and O–H groups in total. The highest BCUT2D eigenvalue weighted by Gasteiger charge is 2.24. The van der Waals surface area contributed by atoms with Crippen LogP contribution in [0.5, 0.6) is 0 Å². The normalized spacial score (nSPS) is 18.4. The average molecular weight is 273 g/mol. The lowest BCUT2D eigenvalue weighted by Crippen LogP contribution is -2.40. The SMILES string of the molecule is COC(=O)CCN(CC1CCCO1)C(=O)OC(C)C. The number of nitrogens with zero attached hydrogens (tertiary/aromatic N) is 1. The van der Waals surface area contributed by atoms with Crippen molar-refractivity contribution in [3.05, 3.63) is 0 Å². The highest BCUT2D eigenvalue weighted by atomic mass is 16.6. The standard InChI is InChI=1S/C13H23NO5/c1-10(2)19-13(16)14(7-6-12(15)17-3)9-11-5-4-8-18-11/h10-11H,4-9H2,1-3H3. The summed E-state index contributed by atoms with van der Waals surface area (Å²) in [7, 11) is 1.33. The third-order valence-corrected chi connectivity index (χ3v) is 2.86. The number of esters is 1. The molecule has 0 saturated carbocycles. The van der Waals surface area contributed by atoms with Gasteiger partial charge in [-0.05, 0) is 26.7 Å². The van der Waals surface area contributed by atoms with Crippen LogP contribution in [0.25, 0.3) is 0 Å².